The zero-order valence-corrected chi connectivity index (χ0v) is 18.8. The molecule has 1 fully saturated rings. The Morgan fingerprint density at radius 1 is 0.788 bits per heavy atom. The van der Waals surface area contributed by atoms with Crippen molar-refractivity contribution in [2.75, 3.05) is 19.1 Å². The van der Waals surface area contributed by atoms with Crippen LogP contribution in [0.15, 0.2) is 72.8 Å². The lowest BCUT2D eigenvalue weighted by atomic mass is 9.47. The Morgan fingerprint density at radius 3 is 1.88 bits per heavy atom. The minimum absolute atomic E-state index is 0.154. The molecule has 2 atom stereocenters. The summed E-state index contributed by atoms with van der Waals surface area (Å²) in [5, 5.41) is 0. The third-order valence-corrected chi connectivity index (χ3v) is 7.78. The first-order valence-electron chi connectivity index (χ1n) is 11.2. The van der Waals surface area contributed by atoms with E-state index in [4.69, 9.17) is 9.47 Å². The number of rotatable bonds is 4. The average molecular weight is 440 g/mol. The fourth-order valence-corrected chi connectivity index (χ4v) is 6.65. The van der Waals surface area contributed by atoms with Gasteiger partial charge in [-0.25, -0.2) is 4.90 Å². The maximum Gasteiger partial charge on any atom is 0.239 e. The van der Waals surface area contributed by atoms with Gasteiger partial charge in [0, 0.05) is 20.1 Å². The molecular formula is C28H25NO4. The van der Waals surface area contributed by atoms with Crippen LogP contribution in [0.3, 0.4) is 0 Å². The Balaban J connectivity index is 1.67. The number of hydrogen-bond acceptors (Lipinski definition) is 4. The van der Waals surface area contributed by atoms with Crippen LogP contribution in [-0.2, 0) is 24.5 Å². The van der Waals surface area contributed by atoms with Gasteiger partial charge in [0.2, 0.25) is 11.8 Å². The number of nitrogens with zero attached hydrogens (tertiary/aromatic N) is 1. The predicted octanol–water partition coefficient (Wildman–Crippen LogP) is 4.16. The summed E-state index contributed by atoms with van der Waals surface area (Å²) < 4.78 is 11.8. The molecular weight excluding hydrogens is 414 g/mol. The quantitative estimate of drug-likeness (QED) is 0.452. The molecule has 5 nitrogen and oxygen atoms in total. The molecule has 0 N–H and O–H groups in total. The SMILES string of the molecule is COC(OC)C12c3ccccc3C(c3ccccc31)[C@H]1C(=O)N(c3ccc(C)cc3)C(=O)[C@H]12. The standard InChI is InChI=1S/C28H25NO4/c1-16-12-14-17(15-13-16)29-25(30)23-22-18-8-4-6-10-20(18)28(24(23)26(29)31,27(32-2)33-3)21-11-7-5-9-19(21)22/h4-15,22-24,27H,1-3H3/t22?,23-,24+,28?/m1/s1. The maximum atomic E-state index is 14.2. The third kappa shape index (κ3) is 2.39. The number of methoxy groups -OCH3 is 2. The molecule has 0 radical (unpaired) electrons. The van der Waals surface area contributed by atoms with Crippen molar-refractivity contribution < 1.29 is 19.1 Å². The van der Waals surface area contributed by atoms with Gasteiger partial charge in [-0.15, -0.1) is 0 Å². The van der Waals surface area contributed by atoms with E-state index in [1.54, 1.807) is 14.2 Å². The summed E-state index contributed by atoms with van der Waals surface area (Å²) >= 11 is 0. The van der Waals surface area contributed by atoms with Crippen molar-refractivity contribution in [3.63, 3.8) is 0 Å². The zero-order valence-electron chi connectivity index (χ0n) is 18.8. The second-order valence-electron chi connectivity index (χ2n) is 9.18. The first kappa shape index (κ1) is 20.3. The van der Waals surface area contributed by atoms with Crippen molar-refractivity contribution in [1.29, 1.82) is 0 Å². The molecule has 2 bridgehead atoms. The number of aryl methyl sites for hydroxylation is 1. The number of ether oxygens (including phenoxy) is 2. The van der Waals surface area contributed by atoms with Crippen LogP contribution in [0.4, 0.5) is 5.69 Å². The molecule has 1 saturated heterocycles. The number of hydrogen-bond donors (Lipinski definition) is 0. The average Bonchev–Trinajstić information content (AvgIpc) is 3.12. The highest BCUT2D eigenvalue weighted by atomic mass is 16.7. The van der Waals surface area contributed by atoms with Gasteiger partial charge in [-0.05, 0) is 41.3 Å². The molecule has 166 valence electrons. The Labute approximate surface area is 192 Å². The van der Waals surface area contributed by atoms with Gasteiger partial charge in [0.05, 0.1) is 22.9 Å². The topological polar surface area (TPSA) is 55.8 Å². The number of imide groups is 1. The first-order chi connectivity index (χ1) is 16.1. The molecule has 7 rings (SSSR count). The van der Waals surface area contributed by atoms with Gasteiger partial charge in [-0.1, -0.05) is 66.2 Å². The Morgan fingerprint density at radius 2 is 1.33 bits per heavy atom. The summed E-state index contributed by atoms with van der Waals surface area (Å²) in [7, 11) is 3.20. The number of carbonyl (C=O) groups excluding carboxylic acids is 2. The molecule has 3 aromatic carbocycles. The molecule has 5 heteroatoms. The molecule has 1 heterocycles. The number of benzene rings is 3. The van der Waals surface area contributed by atoms with Crippen molar-refractivity contribution in [1.82, 2.24) is 0 Å². The van der Waals surface area contributed by atoms with Crippen molar-refractivity contribution in [3.05, 3.63) is 101 Å². The lowest BCUT2D eigenvalue weighted by molar-refractivity contribution is -0.168. The van der Waals surface area contributed by atoms with E-state index in [-0.39, 0.29) is 17.7 Å². The predicted molar refractivity (Wildman–Crippen MR) is 124 cm³/mol. The molecule has 0 saturated carbocycles. The third-order valence-electron chi connectivity index (χ3n) is 7.78. The van der Waals surface area contributed by atoms with Crippen LogP contribution in [0.2, 0.25) is 0 Å². The van der Waals surface area contributed by atoms with Crippen LogP contribution in [0, 0.1) is 18.8 Å². The highest BCUT2D eigenvalue weighted by Gasteiger charge is 2.71. The van der Waals surface area contributed by atoms with E-state index in [2.05, 4.69) is 24.3 Å². The van der Waals surface area contributed by atoms with Gasteiger partial charge in [-0.3, -0.25) is 9.59 Å². The second-order valence-corrected chi connectivity index (χ2v) is 9.18. The van der Waals surface area contributed by atoms with Crippen LogP contribution >= 0.6 is 0 Å². The fraction of sp³-hybridized carbons (Fsp3) is 0.286. The summed E-state index contributed by atoms with van der Waals surface area (Å²) in [6.45, 7) is 1.99. The number of anilines is 1. The van der Waals surface area contributed by atoms with Gasteiger partial charge >= 0.3 is 0 Å². The molecule has 0 aromatic heterocycles. The van der Waals surface area contributed by atoms with Crippen molar-refractivity contribution in [2.45, 2.75) is 24.5 Å². The van der Waals surface area contributed by atoms with Crippen LogP contribution in [0.25, 0.3) is 0 Å². The lowest BCUT2D eigenvalue weighted by Gasteiger charge is -2.56. The second kappa shape index (κ2) is 7.11. The van der Waals surface area contributed by atoms with Gasteiger partial charge in [0.1, 0.15) is 0 Å². The first-order valence-corrected chi connectivity index (χ1v) is 11.2. The van der Waals surface area contributed by atoms with Gasteiger partial charge in [0.25, 0.3) is 0 Å². The molecule has 33 heavy (non-hydrogen) atoms. The van der Waals surface area contributed by atoms with Crippen molar-refractivity contribution in [3.8, 4) is 0 Å². The van der Waals surface area contributed by atoms with Gasteiger partial charge in [0.15, 0.2) is 6.29 Å². The number of amides is 2. The van der Waals surface area contributed by atoms with Gasteiger partial charge < -0.3 is 9.47 Å². The Hall–Kier alpha value is -3.28. The summed E-state index contributed by atoms with van der Waals surface area (Å²) in [6.07, 6.45) is -0.733. The fourth-order valence-electron chi connectivity index (χ4n) is 6.65. The summed E-state index contributed by atoms with van der Waals surface area (Å²) in [5.41, 5.74) is 4.92. The van der Waals surface area contributed by atoms with Gasteiger partial charge in [-0.2, -0.15) is 0 Å². The minimum atomic E-state index is -0.928. The monoisotopic (exact) mass is 439 g/mol. The highest BCUT2D eigenvalue weighted by molar-refractivity contribution is 6.23. The van der Waals surface area contributed by atoms with Crippen LogP contribution < -0.4 is 4.90 Å². The van der Waals surface area contributed by atoms with E-state index in [1.165, 1.54) is 4.90 Å². The molecule has 1 aliphatic heterocycles. The van der Waals surface area contributed by atoms with E-state index < -0.39 is 23.5 Å². The highest BCUT2D eigenvalue weighted by Crippen LogP contribution is 2.65. The Kier molecular flexibility index (Phi) is 4.38. The summed E-state index contributed by atoms with van der Waals surface area (Å²) in [6, 6.07) is 23.8. The van der Waals surface area contributed by atoms with Crippen LogP contribution in [0.5, 0.6) is 0 Å². The summed E-state index contributed by atoms with van der Waals surface area (Å²) in [4.78, 5) is 29.6. The van der Waals surface area contributed by atoms with E-state index in [0.29, 0.717) is 5.69 Å². The van der Waals surface area contributed by atoms with E-state index in [9.17, 15) is 9.59 Å². The molecule has 2 amide bonds. The lowest BCUT2D eigenvalue weighted by Crippen LogP contribution is -2.60. The van der Waals surface area contributed by atoms with Crippen LogP contribution in [0.1, 0.15) is 33.7 Å². The molecule has 0 unspecified atom stereocenters. The summed E-state index contributed by atoms with van der Waals surface area (Å²) in [5.74, 6) is -1.67. The molecule has 4 aliphatic rings. The van der Waals surface area contributed by atoms with E-state index in [0.717, 1.165) is 27.8 Å². The van der Waals surface area contributed by atoms with E-state index in [1.807, 2.05) is 55.5 Å². The smallest absolute Gasteiger partial charge is 0.239 e. The van der Waals surface area contributed by atoms with E-state index >= 15 is 0 Å². The Bertz CT molecular complexity index is 1230. The molecule has 0 spiro atoms. The molecule has 3 aliphatic carbocycles. The van der Waals surface area contributed by atoms with Crippen molar-refractivity contribution >= 4 is 17.5 Å². The zero-order chi connectivity index (χ0) is 22.9. The minimum Gasteiger partial charge on any atom is -0.355 e. The number of carbonyl (C=O) groups is 2. The normalized spacial score (nSPS) is 27.0. The largest absolute Gasteiger partial charge is 0.355 e. The maximum absolute atomic E-state index is 14.2. The van der Waals surface area contributed by atoms with Crippen molar-refractivity contribution in [2.24, 2.45) is 11.8 Å². The molecule has 3 aromatic rings. The van der Waals surface area contributed by atoms with Crippen LogP contribution in [-0.4, -0.2) is 32.3 Å².